The number of aromatic hydroxyl groups is 1. The summed E-state index contributed by atoms with van der Waals surface area (Å²) in [7, 11) is 0. The van der Waals surface area contributed by atoms with Crippen LogP contribution in [0, 0.1) is 17.8 Å². The van der Waals surface area contributed by atoms with Crippen LogP contribution in [0.1, 0.15) is 69.4 Å². The van der Waals surface area contributed by atoms with E-state index in [1.807, 2.05) is 49.4 Å². The van der Waals surface area contributed by atoms with Gasteiger partial charge in [-0.25, -0.2) is 0 Å². The number of amides is 2. The Morgan fingerprint density at radius 2 is 1.79 bits per heavy atom. The van der Waals surface area contributed by atoms with Gasteiger partial charge in [0, 0.05) is 18.9 Å². The second-order valence-corrected chi connectivity index (χ2v) is 11.3. The standard InChI is InChI=1S/C34H41NO7/c1-2-23-20-27-32(34(42)35(33(27)41)17-8-4-7-14-30(39)40)28(21-36)31(23)29(38)16-15-25(24-11-5-3-6-12-24)18-22-10-9-13-26(37)19-22/h3,5-6,9-13,18-19,27-29,32,36-38H,2,4,7-8,14-17,20-21H2,1H3,(H,39,40)/b25-18-/t27-,28+,29-,32-/m1/s1. The van der Waals surface area contributed by atoms with Crippen LogP contribution >= 0.6 is 0 Å². The van der Waals surface area contributed by atoms with E-state index in [2.05, 4.69) is 0 Å². The number of carboxylic acid groups (broad SMARTS) is 1. The van der Waals surface area contributed by atoms with Gasteiger partial charge in [0.2, 0.25) is 11.8 Å². The van der Waals surface area contributed by atoms with E-state index >= 15 is 0 Å². The number of carbonyl (C=O) groups excluding carboxylic acids is 2. The second-order valence-electron chi connectivity index (χ2n) is 11.3. The minimum atomic E-state index is -0.901. The van der Waals surface area contributed by atoms with E-state index in [1.165, 1.54) is 4.90 Å². The van der Waals surface area contributed by atoms with Crippen LogP contribution < -0.4 is 0 Å². The first kappa shape index (κ1) is 31.2. The molecule has 1 aliphatic heterocycles. The molecule has 8 nitrogen and oxygen atoms in total. The molecule has 2 aromatic carbocycles. The van der Waals surface area contributed by atoms with E-state index in [0.29, 0.717) is 50.5 Å². The fourth-order valence-electron chi connectivity index (χ4n) is 6.52. The Labute approximate surface area is 247 Å². The molecule has 2 amide bonds. The molecule has 0 aromatic heterocycles. The summed E-state index contributed by atoms with van der Waals surface area (Å²) in [6, 6.07) is 16.8. The number of hydrogen-bond acceptors (Lipinski definition) is 6. The van der Waals surface area contributed by atoms with Gasteiger partial charge in [-0.1, -0.05) is 67.5 Å². The van der Waals surface area contributed by atoms with Crippen LogP contribution in [0.25, 0.3) is 11.6 Å². The van der Waals surface area contributed by atoms with Gasteiger partial charge in [0.25, 0.3) is 0 Å². The Balaban J connectivity index is 1.52. The molecule has 1 saturated heterocycles. The number of phenols is 1. The highest BCUT2D eigenvalue weighted by atomic mass is 16.4. The minimum absolute atomic E-state index is 0.0553. The van der Waals surface area contributed by atoms with Crippen molar-refractivity contribution in [2.24, 2.45) is 17.8 Å². The van der Waals surface area contributed by atoms with Gasteiger partial charge >= 0.3 is 5.97 Å². The lowest BCUT2D eigenvalue weighted by molar-refractivity contribution is -0.141. The number of nitrogens with zero attached hydrogens (tertiary/aromatic N) is 1. The number of carboxylic acids is 1. The molecule has 0 radical (unpaired) electrons. The normalized spacial score (nSPS) is 21.5. The number of unbranched alkanes of at least 4 members (excludes halogenated alkanes) is 2. The van der Waals surface area contributed by atoms with E-state index in [1.54, 1.807) is 18.2 Å². The third kappa shape index (κ3) is 7.17. The monoisotopic (exact) mass is 575 g/mol. The van der Waals surface area contributed by atoms with Crippen LogP contribution in [0.15, 0.2) is 65.7 Å². The summed E-state index contributed by atoms with van der Waals surface area (Å²) in [6.45, 7) is 1.87. The molecule has 0 spiro atoms. The van der Waals surface area contributed by atoms with Crippen molar-refractivity contribution in [1.82, 2.24) is 4.90 Å². The maximum atomic E-state index is 13.5. The van der Waals surface area contributed by atoms with Gasteiger partial charge in [-0.3, -0.25) is 19.3 Å². The highest BCUT2D eigenvalue weighted by Gasteiger charge is 2.54. The van der Waals surface area contributed by atoms with Gasteiger partial charge in [-0.15, -0.1) is 0 Å². The highest BCUT2D eigenvalue weighted by Crippen LogP contribution is 2.47. The second kappa shape index (κ2) is 14.4. The average molecular weight is 576 g/mol. The Bertz CT molecular complexity index is 1330. The topological polar surface area (TPSA) is 135 Å². The predicted octanol–water partition coefficient (Wildman–Crippen LogP) is 5.04. The summed E-state index contributed by atoms with van der Waals surface area (Å²) >= 11 is 0. The summed E-state index contributed by atoms with van der Waals surface area (Å²) in [5.41, 5.74) is 4.41. The highest BCUT2D eigenvalue weighted by molar-refractivity contribution is 6.05. The molecule has 0 saturated carbocycles. The third-order valence-electron chi connectivity index (χ3n) is 8.57. The number of phenolic OH excluding ortho intramolecular Hbond substituents is 1. The SMILES string of the molecule is CCC1=C([C@H](O)CC/C(=C/c2cccc(O)c2)c2ccccc2)[C@H](CO)[C@@H]2C(=O)N(CCCCCC(=O)O)C(=O)[C@@H]2C1. The third-order valence-corrected chi connectivity index (χ3v) is 8.57. The number of aliphatic carboxylic acids is 1. The number of aliphatic hydroxyl groups is 2. The van der Waals surface area contributed by atoms with Crippen molar-refractivity contribution in [2.75, 3.05) is 13.2 Å². The molecule has 42 heavy (non-hydrogen) atoms. The Morgan fingerprint density at radius 1 is 1.02 bits per heavy atom. The zero-order valence-corrected chi connectivity index (χ0v) is 24.1. The quantitative estimate of drug-likeness (QED) is 0.107. The van der Waals surface area contributed by atoms with Crippen LogP contribution in [-0.4, -0.2) is 62.4 Å². The molecule has 8 heteroatoms. The van der Waals surface area contributed by atoms with Gasteiger partial charge in [0.1, 0.15) is 5.75 Å². The zero-order valence-electron chi connectivity index (χ0n) is 24.1. The number of likely N-dealkylation sites (tertiary alicyclic amines) is 1. The molecule has 224 valence electrons. The Morgan fingerprint density at radius 3 is 2.45 bits per heavy atom. The molecule has 0 unspecified atom stereocenters. The molecular weight excluding hydrogens is 534 g/mol. The number of rotatable bonds is 14. The molecule has 4 atom stereocenters. The number of hydrogen-bond donors (Lipinski definition) is 4. The van der Waals surface area contributed by atoms with E-state index in [0.717, 1.165) is 22.3 Å². The maximum Gasteiger partial charge on any atom is 0.303 e. The summed E-state index contributed by atoms with van der Waals surface area (Å²) in [6.07, 6.45) is 4.63. The first-order chi connectivity index (χ1) is 20.2. The first-order valence-corrected chi connectivity index (χ1v) is 14.9. The van der Waals surface area contributed by atoms with Crippen molar-refractivity contribution in [3.05, 3.63) is 76.9 Å². The van der Waals surface area contributed by atoms with Crippen molar-refractivity contribution in [1.29, 1.82) is 0 Å². The number of carbonyl (C=O) groups is 3. The molecular formula is C34H41NO7. The smallest absolute Gasteiger partial charge is 0.303 e. The predicted molar refractivity (Wildman–Crippen MR) is 160 cm³/mol. The Hall–Kier alpha value is -3.75. The summed E-state index contributed by atoms with van der Waals surface area (Å²) in [5, 5.41) is 40.9. The van der Waals surface area contributed by atoms with Crippen molar-refractivity contribution in [3.63, 3.8) is 0 Å². The molecule has 1 aliphatic carbocycles. The fourth-order valence-corrected chi connectivity index (χ4v) is 6.52. The van der Waals surface area contributed by atoms with E-state index in [9.17, 15) is 29.7 Å². The van der Waals surface area contributed by atoms with Crippen LogP contribution in [-0.2, 0) is 14.4 Å². The molecule has 1 fully saturated rings. The summed E-state index contributed by atoms with van der Waals surface area (Å²) in [5.74, 6) is -3.14. The lowest BCUT2D eigenvalue weighted by atomic mass is 9.67. The van der Waals surface area contributed by atoms with Gasteiger partial charge < -0.3 is 20.4 Å². The van der Waals surface area contributed by atoms with Crippen LogP contribution in [0.2, 0.25) is 0 Å². The molecule has 1 heterocycles. The van der Waals surface area contributed by atoms with E-state index in [4.69, 9.17) is 5.11 Å². The molecule has 0 bridgehead atoms. The fraction of sp³-hybridized carbons (Fsp3) is 0.441. The molecule has 2 aromatic rings. The Kier molecular flexibility index (Phi) is 10.7. The molecule has 2 aliphatic rings. The van der Waals surface area contributed by atoms with Crippen molar-refractivity contribution in [3.8, 4) is 5.75 Å². The van der Waals surface area contributed by atoms with E-state index in [-0.39, 0.29) is 37.1 Å². The van der Waals surface area contributed by atoms with Gasteiger partial charge in [0.05, 0.1) is 24.5 Å². The number of aliphatic hydroxyl groups excluding tert-OH is 2. The molecule has 4 rings (SSSR count). The number of imide groups is 1. The van der Waals surface area contributed by atoms with Gasteiger partial charge in [-0.2, -0.15) is 0 Å². The van der Waals surface area contributed by atoms with Crippen LogP contribution in [0.4, 0.5) is 0 Å². The summed E-state index contributed by atoms with van der Waals surface area (Å²) < 4.78 is 0. The summed E-state index contributed by atoms with van der Waals surface area (Å²) in [4.78, 5) is 38.9. The van der Waals surface area contributed by atoms with Gasteiger partial charge in [-0.05, 0) is 72.9 Å². The lowest BCUT2D eigenvalue weighted by Gasteiger charge is -2.36. The zero-order chi connectivity index (χ0) is 30.2. The van der Waals surface area contributed by atoms with Crippen LogP contribution in [0.3, 0.4) is 0 Å². The number of benzene rings is 2. The van der Waals surface area contributed by atoms with Gasteiger partial charge in [0.15, 0.2) is 0 Å². The number of fused-ring (bicyclic) bond motifs is 1. The molecule has 4 N–H and O–H groups in total. The van der Waals surface area contributed by atoms with E-state index < -0.39 is 29.8 Å². The van der Waals surface area contributed by atoms with Crippen molar-refractivity contribution in [2.45, 2.75) is 64.4 Å². The lowest BCUT2D eigenvalue weighted by Crippen LogP contribution is -2.39. The number of allylic oxidation sites excluding steroid dienone is 2. The van der Waals surface area contributed by atoms with Crippen LogP contribution in [0.5, 0.6) is 5.75 Å². The largest absolute Gasteiger partial charge is 0.508 e. The average Bonchev–Trinajstić information content (AvgIpc) is 3.22. The van der Waals surface area contributed by atoms with Crippen molar-refractivity contribution >= 4 is 29.4 Å². The maximum absolute atomic E-state index is 13.5. The first-order valence-electron chi connectivity index (χ1n) is 14.9. The van der Waals surface area contributed by atoms with Crippen molar-refractivity contribution < 1.29 is 34.8 Å². The minimum Gasteiger partial charge on any atom is -0.508 e.